The van der Waals surface area contributed by atoms with Gasteiger partial charge in [0, 0.05) is 47.0 Å². The number of allylic oxidation sites excluding steroid dienone is 2. The summed E-state index contributed by atoms with van der Waals surface area (Å²) < 4.78 is 24.0. The molecule has 0 aliphatic heterocycles. The van der Waals surface area contributed by atoms with E-state index in [4.69, 9.17) is 18.9 Å². The van der Waals surface area contributed by atoms with Crippen LogP contribution in [0.4, 0.5) is 22.7 Å². The zero-order valence-corrected chi connectivity index (χ0v) is 29.2. The van der Waals surface area contributed by atoms with Crippen LogP contribution >= 0.6 is 0 Å². The van der Waals surface area contributed by atoms with Crippen LogP contribution < -0.4 is 30.7 Å². The molecular formula is C42H46N4O4. The van der Waals surface area contributed by atoms with Crippen molar-refractivity contribution in [1.82, 2.24) is 0 Å². The molecule has 8 nitrogen and oxygen atoms in total. The fourth-order valence-corrected chi connectivity index (χ4v) is 5.79. The second kappa shape index (κ2) is 15.8. The Bertz CT molecular complexity index is 1830. The van der Waals surface area contributed by atoms with E-state index < -0.39 is 11.4 Å². The Morgan fingerprint density at radius 3 is 1.22 bits per heavy atom. The standard InChI is InChI=1S/C42H46N4O4/c1-31-5-9-33(10-6-31)43-35-21-25-41(26-22-35,45-37-11-7-32(2)8-12-37)49-29-30-50-42(46-38-15-19-40(48-4)20-16-38)27-23-36(24-28-42)44-34-13-17-39(47-3)18-14-34/h5-25,27,43-46H,26,28-30H2,1-4H3. The van der Waals surface area contributed by atoms with Gasteiger partial charge in [-0.1, -0.05) is 47.5 Å². The van der Waals surface area contributed by atoms with Crippen molar-refractivity contribution in [3.05, 3.63) is 156 Å². The van der Waals surface area contributed by atoms with E-state index in [2.05, 4.69) is 114 Å². The minimum Gasteiger partial charge on any atom is -0.497 e. The Kier molecular flexibility index (Phi) is 10.9. The Hall–Kier alpha value is -5.44. The maximum absolute atomic E-state index is 6.65. The van der Waals surface area contributed by atoms with E-state index in [0.717, 1.165) is 45.6 Å². The molecular weight excluding hydrogens is 624 g/mol. The summed E-state index contributed by atoms with van der Waals surface area (Å²) >= 11 is 0. The van der Waals surface area contributed by atoms with Gasteiger partial charge in [-0.3, -0.25) is 0 Å². The van der Waals surface area contributed by atoms with E-state index >= 15 is 0 Å². The quantitative estimate of drug-likeness (QED) is 0.0736. The predicted octanol–water partition coefficient (Wildman–Crippen LogP) is 9.18. The number of hydrogen-bond acceptors (Lipinski definition) is 8. The van der Waals surface area contributed by atoms with Crippen molar-refractivity contribution in [3.63, 3.8) is 0 Å². The molecule has 2 aliphatic rings. The summed E-state index contributed by atoms with van der Waals surface area (Å²) in [5, 5.41) is 14.3. The molecule has 0 fully saturated rings. The van der Waals surface area contributed by atoms with Gasteiger partial charge in [-0.15, -0.1) is 0 Å². The minimum absolute atomic E-state index is 0.353. The minimum atomic E-state index is -0.784. The lowest BCUT2D eigenvalue weighted by molar-refractivity contribution is -0.0570. The molecule has 0 aromatic heterocycles. The lowest BCUT2D eigenvalue weighted by Crippen LogP contribution is -2.44. The highest BCUT2D eigenvalue weighted by Gasteiger charge is 2.32. The summed E-state index contributed by atoms with van der Waals surface area (Å²) in [7, 11) is 3.33. The number of aryl methyl sites for hydroxylation is 2. The van der Waals surface area contributed by atoms with Gasteiger partial charge in [-0.05, 0) is 111 Å². The van der Waals surface area contributed by atoms with Crippen molar-refractivity contribution in [1.29, 1.82) is 0 Å². The molecule has 0 saturated carbocycles. The molecule has 258 valence electrons. The van der Waals surface area contributed by atoms with Crippen LogP contribution in [0.25, 0.3) is 0 Å². The molecule has 6 rings (SSSR count). The zero-order chi connectivity index (χ0) is 34.8. The monoisotopic (exact) mass is 670 g/mol. The third-order valence-electron chi connectivity index (χ3n) is 8.69. The largest absolute Gasteiger partial charge is 0.497 e. The van der Waals surface area contributed by atoms with Crippen LogP contribution in [0.5, 0.6) is 11.5 Å². The highest BCUT2D eigenvalue weighted by Crippen LogP contribution is 2.31. The number of rotatable bonds is 15. The van der Waals surface area contributed by atoms with Gasteiger partial charge < -0.3 is 40.2 Å². The van der Waals surface area contributed by atoms with Gasteiger partial charge in [0.1, 0.15) is 11.5 Å². The van der Waals surface area contributed by atoms with Crippen LogP contribution in [-0.4, -0.2) is 38.9 Å². The molecule has 0 heterocycles. The highest BCUT2D eigenvalue weighted by molar-refractivity contribution is 5.56. The van der Waals surface area contributed by atoms with E-state index in [1.807, 2.05) is 54.6 Å². The number of methoxy groups -OCH3 is 2. The van der Waals surface area contributed by atoms with Gasteiger partial charge in [-0.2, -0.15) is 0 Å². The third kappa shape index (κ3) is 9.16. The van der Waals surface area contributed by atoms with Crippen molar-refractivity contribution in [3.8, 4) is 11.5 Å². The summed E-state index contributed by atoms with van der Waals surface area (Å²) in [5.74, 6) is 1.61. The van der Waals surface area contributed by atoms with Crippen molar-refractivity contribution >= 4 is 22.7 Å². The van der Waals surface area contributed by atoms with Gasteiger partial charge in [0.05, 0.1) is 27.4 Å². The molecule has 0 saturated heterocycles. The van der Waals surface area contributed by atoms with Gasteiger partial charge in [-0.25, -0.2) is 0 Å². The van der Waals surface area contributed by atoms with Crippen molar-refractivity contribution < 1.29 is 18.9 Å². The molecule has 4 aromatic rings. The molecule has 8 heteroatoms. The van der Waals surface area contributed by atoms with E-state index in [-0.39, 0.29) is 0 Å². The number of nitrogens with one attached hydrogen (secondary N) is 4. The van der Waals surface area contributed by atoms with Gasteiger partial charge >= 0.3 is 0 Å². The van der Waals surface area contributed by atoms with E-state index in [9.17, 15) is 0 Å². The van der Waals surface area contributed by atoms with Gasteiger partial charge in [0.25, 0.3) is 0 Å². The van der Waals surface area contributed by atoms with E-state index in [0.29, 0.717) is 26.1 Å². The fourth-order valence-electron chi connectivity index (χ4n) is 5.79. The number of anilines is 4. The predicted molar refractivity (Wildman–Crippen MR) is 204 cm³/mol. The Morgan fingerprint density at radius 1 is 0.500 bits per heavy atom. The number of hydrogen-bond donors (Lipinski definition) is 4. The van der Waals surface area contributed by atoms with E-state index in [1.54, 1.807) is 14.2 Å². The van der Waals surface area contributed by atoms with Crippen LogP contribution in [-0.2, 0) is 9.47 Å². The third-order valence-corrected chi connectivity index (χ3v) is 8.69. The van der Waals surface area contributed by atoms with Crippen molar-refractivity contribution in [2.45, 2.75) is 38.1 Å². The number of benzene rings is 4. The maximum atomic E-state index is 6.65. The lowest BCUT2D eigenvalue weighted by Gasteiger charge is -2.37. The van der Waals surface area contributed by atoms with Crippen molar-refractivity contribution in [2.24, 2.45) is 0 Å². The Morgan fingerprint density at radius 2 is 0.860 bits per heavy atom. The molecule has 0 bridgehead atoms. The molecule has 0 amide bonds. The van der Waals surface area contributed by atoms with Crippen molar-refractivity contribution in [2.75, 3.05) is 48.7 Å². The first-order chi connectivity index (χ1) is 24.3. The van der Waals surface area contributed by atoms with E-state index in [1.165, 1.54) is 11.1 Å². The smallest absolute Gasteiger partial charge is 0.162 e. The summed E-state index contributed by atoms with van der Waals surface area (Å²) in [4.78, 5) is 0. The molecule has 4 aromatic carbocycles. The summed E-state index contributed by atoms with van der Waals surface area (Å²) in [6, 6.07) is 32.5. The lowest BCUT2D eigenvalue weighted by atomic mass is 10.0. The molecule has 50 heavy (non-hydrogen) atoms. The second-order valence-corrected chi connectivity index (χ2v) is 12.6. The molecule has 2 unspecified atom stereocenters. The van der Waals surface area contributed by atoms with Gasteiger partial charge in [0.15, 0.2) is 11.4 Å². The van der Waals surface area contributed by atoms with Crippen LogP contribution in [0.15, 0.2) is 145 Å². The van der Waals surface area contributed by atoms with Gasteiger partial charge in [0.2, 0.25) is 0 Å². The topological polar surface area (TPSA) is 85.0 Å². The molecule has 4 N–H and O–H groups in total. The van der Waals surface area contributed by atoms with Crippen LogP contribution in [0.1, 0.15) is 24.0 Å². The summed E-state index contributed by atoms with van der Waals surface area (Å²) in [5.41, 5.74) is 6.84. The van der Waals surface area contributed by atoms with Crippen LogP contribution in [0, 0.1) is 13.8 Å². The van der Waals surface area contributed by atoms with Crippen LogP contribution in [0.3, 0.4) is 0 Å². The summed E-state index contributed by atoms with van der Waals surface area (Å²) in [6.45, 7) is 4.89. The second-order valence-electron chi connectivity index (χ2n) is 12.6. The molecule has 2 aliphatic carbocycles. The summed E-state index contributed by atoms with van der Waals surface area (Å²) in [6.07, 6.45) is 13.8. The fraction of sp³-hybridized carbons (Fsp3) is 0.238. The van der Waals surface area contributed by atoms with Crippen LogP contribution in [0.2, 0.25) is 0 Å². The number of ether oxygens (including phenoxy) is 4. The first-order valence-electron chi connectivity index (χ1n) is 16.9. The maximum Gasteiger partial charge on any atom is 0.162 e. The molecule has 2 atom stereocenters. The average molecular weight is 671 g/mol. The Labute approximate surface area is 295 Å². The molecule has 0 radical (unpaired) electrons. The average Bonchev–Trinajstić information content (AvgIpc) is 3.15. The normalized spacial score (nSPS) is 19.6. The highest BCUT2D eigenvalue weighted by atomic mass is 16.6. The zero-order valence-electron chi connectivity index (χ0n) is 29.2. The molecule has 0 spiro atoms. The first-order valence-corrected chi connectivity index (χ1v) is 16.9. The first kappa shape index (κ1) is 34.4. The SMILES string of the molecule is COc1ccc(NC2=CCC(Nc3ccc(OC)cc3)(OCCOC3(Nc4ccc(C)cc4)C=CC(Nc4ccc(C)cc4)=CC3)C=C2)cc1. The Balaban J connectivity index is 1.14.